The molecule has 29 heavy (non-hydrogen) atoms. The Hall–Kier alpha value is -2.79. The molecule has 144 valence electrons. The Morgan fingerprint density at radius 2 is 1.76 bits per heavy atom. The van der Waals surface area contributed by atoms with Crippen LogP contribution in [0, 0.1) is 0 Å². The summed E-state index contributed by atoms with van der Waals surface area (Å²) in [5.41, 5.74) is 3.82. The predicted octanol–water partition coefficient (Wildman–Crippen LogP) is 5.70. The zero-order valence-electron chi connectivity index (χ0n) is 16.0. The molecule has 1 saturated heterocycles. The summed E-state index contributed by atoms with van der Waals surface area (Å²) >= 11 is 1.72. The maximum Gasteiger partial charge on any atom is 0.255 e. The van der Waals surface area contributed by atoms with Crippen molar-refractivity contribution in [1.29, 1.82) is 0 Å². The molecule has 1 aliphatic carbocycles. The van der Waals surface area contributed by atoms with Crippen LogP contribution in [-0.2, 0) is 0 Å². The van der Waals surface area contributed by atoms with Crippen molar-refractivity contribution in [2.75, 3.05) is 6.54 Å². The Morgan fingerprint density at radius 3 is 2.59 bits per heavy atom. The van der Waals surface area contributed by atoms with Gasteiger partial charge in [-0.3, -0.25) is 9.78 Å². The van der Waals surface area contributed by atoms with E-state index in [9.17, 15) is 4.79 Å². The molecule has 4 aromatic rings. The SMILES string of the molecule is O=C(c1cc(C2CC2)nc2ccccc12)N1CCC[C@H]1c1nc2ccccc2s1. The molecule has 0 bridgehead atoms. The number of hydrogen-bond acceptors (Lipinski definition) is 4. The molecule has 0 unspecified atom stereocenters. The Labute approximate surface area is 173 Å². The second-order valence-electron chi connectivity index (χ2n) is 8.06. The highest BCUT2D eigenvalue weighted by Gasteiger charge is 2.34. The van der Waals surface area contributed by atoms with Gasteiger partial charge < -0.3 is 4.90 Å². The van der Waals surface area contributed by atoms with Crippen LogP contribution in [0.3, 0.4) is 0 Å². The molecule has 0 N–H and O–H groups in total. The van der Waals surface area contributed by atoms with E-state index in [4.69, 9.17) is 9.97 Å². The van der Waals surface area contributed by atoms with E-state index in [1.54, 1.807) is 11.3 Å². The highest BCUT2D eigenvalue weighted by atomic mass is 32.1. The molecule has 2 aliphatic rings. The Morgan fingerprint density at radius 1 is 0.966 bits per heavy atom. The van der Waals surface area contributed by atoms with Gasteiger partial charge in [-0.2, -0.15) is 0 Å². The van der Waals surface area contributed by atoms with Gasteiger partial charge in [-0.1, -0.05) is 30.3 Å². The summed E-state index contributed by atoms with van der Waals surface area (Å²) in [5, 5.41) is 2.01. The maximum atomic E-state index is 13.7. The number of benzene rings is 2. The van der Waals surface area contributed by atoms with Gasteiger partial charge in [0.1, 0.15) is 5.01 Å². The number of thiazole rings is 1. The van der Waals surface area contributed by atoms with Crippen LogP contribution in [0.15, 0.2) is 54.6 Å². The number of para-hydroxylation sites is 2. The van der Waals surface area contributed by atoms with Crippen LogP contribution in [0.2, 0.25) is 0 Å². The summed E-state index contributed by atoms with van der Waals surface area (Å²) in [4.78, 5) is 25.5. The van der Waals surface area contributed by atoms with Crippen LogP contribution in [0.1, 0.15) is 58.7 Å². The molecule has 3 heterocycles. The molecule has 6 rings (SSSR count). The Bertz CT molecular complexity index is 1210. The van der Waals surface area contributed by atoms with E-state index in [1.165, 1.54) is 17.5 Å². The molecule has 1 saturated carbocycles. The number of nitrogens with zero attached hydrogens (tertiary/aromatic N) is 3. The van der Waals surface area contributed by atoms with Crippen LogP contribution in [-0.4, -0.2) is 27.3 Å². The van der Waals surface area contributed by atoms with Gasteiger partial charge in [0.25, 0.3) is 5.91 Å². The first-order chi connectivity index (χ1) is 14.3. The average Bonchev–Trinajstić information content (AvgIpc) is 3.33. The van der Waals surface area contributed by atoms with Gasteiger partial charge in [0.05, 0.1) is 27.3 Å². The summed E-state index contributed by atoms with van der Waals surface area (Å²) in [6, 6.07) is 18.4. The van der Waals surface area contributed by atoms with Gasteiger partial charge in [0.15, 0.2) is 0 Å². The van der Waals surface area contributed by atoms with Crippen molar-refractivity contribution >= 4 is 38.4 Å². The molecule has 4 nitrogen and oxygen atoms in total. The first kappa shape index (κ1) is 17.1. The number of fused-ring (bicyclic) bond motifs is 2. The van der Waals surface area contributed by atoms with Crippen LogP contribution in [0.4, 0.5) is 0 Å². The third-order valence-corrected chi connectivity index (χ3v) is 7.21. The van der Waals surface area contributed by atoms with Crippen molar-refractivity contribution in [3.8, 4) is 0 Å². The molecule has 2 fully saturated rings. The maximum absolute atomic E-state index is 13.7. The first-order valence-corrected chi connectivity index (χ1v) is 11.2. The lowest BCUT2D eigenvalue weighted by Gasteiger charge is -2.24. The van der Waals surface area contributed by atoms with E-state index in [0.29, 0.717) is 5.92 Å². The van der Waals surface area contributed by atoms with E-state index in [0.717, 1.165) is 52.1 Å². The van der Waals surface area contributed by atoms with E-state index in [1.807, 2.05) is 41.3 Å². The van der Waals surface area contributed by atoms with Gasteiger partial charge >= 0.3 is 0 Å². The van der Waals surface area contributed by atoms with Crippen molar-refractivity contribution in [1.82, 2.24) is 14.9 Å². The van der Waals surface area contributed by atoms with Crippen molar-refractivity contribution in [3.63, 3.8) is 0 Å². The number of hydrogen-bond donors (Lipinski definition) is 0. The monoisotopic (exact) mass is 399 g/mol. The van der Waals surface area contributed by atoms with Crippen molar-refractivity contribution in [2.45, 2.75) is 37.6 Å². The molecule has 1 amide bonds. The molecule has 1 atom stereocenters. The smallest absolute Gasteiger partial charge is 0.255 e. The van der Waals surface area contributed by atoms with E-state index < -0.39 is 0 Å². The largest absolute Gasteiger partial charge is 0.329 e. The standard InChI is InChI=1S/C24H21N3OS/c28-24(17-14-20(15-11-12-15)25-18-7-2-1-6-16(17)18)27-13-5-9-21(27)23-26-19-8-3-4-10-22(19)29-23/h1-4,6-8,10,14-15,21H,5,9,11-13H2/t21-/m0/s1. The topological polar surface area (TPSA) is 46.1 Å². The van der Waals surface area contributed by atoms with Crippen LogP contribution >= 0.6 is 11.3 Å². The third kappa shape index (κ3) is 2.92. The fourth-order valence-electron chi connectivity index (χ4n) is 4.41. The minimum Gasteiger partial charge on any atom is -0.329 e. The number of amides is 1. The summed E-state index contributed by atoms with van der Waals surface area (Å²) < 4.78 is 1.19. The lowest BCUT2D eigenvalue weighted by atomic mass is 10.0. The number of likely N-dealkylation sites (tertiary alicyclic amines) is 1. The van der Waals surface area contributed by atoms with Crippen molar-refractivity contribution < 1.29 is 4.79 Å². The molecule has 5 heteroatoms. The highest BCUT2D eigenvalue weighted by molar-refractivity contribution is 7.18. The summed E-state index contributed by atoms with van der Waals surface area (Å²) in [7, 11) is 0. The number of carbonyl (C=O) groups is 1. The van der Waals surface area contributed by atoms with Crippen molar-refractivity contribution in [3.05, 3.63) is 70.9 Å². The molecule has 2 aromatic carbocycles. The van der Waals surface area contributed by atoms with Gasteiger partial charge in [-0.25, -0.2) is 4.98 Å². The Balaban J connectivity index is 1.42. The van der Waals surface area contributed by atoms with Crippen LogP contribution < -0.4 is 0 Å². The van der Waals surface area contributed by atoms with E-state index in [-0.39, 0.29) is 11.9 Å². The van der Waals surface area contributed by atoms with Gasteiger partial charge in [-0.05, 0) is 49.9 Å². The number of rotatable bonds is 3. The summed E-state index contributed by atoms with van der Waals surface area (Å²) in [6.45, 7) is 0.787. The molecule has 0 spiro atoms. The normalized spacial score (nSPS) is 19.3. The van der Waals surface area contributed by atoms with Crippen LogP contribution in [0.25, 0.3) is 21.1 Å². The third-order valence-electron chi connectivity index (χ3n) is 6.07. The van der Waals surface area contributed by atoms with E-state index >= 15 is 0 Å². The summed E-state index contributed by atoms with van der Waals surface area (Å²) in [6.07, 6.45) is 4.35. The zero-order chi connectivity index (χ0) is 19.4. The zero-order valence-corrected chi connectivity index (χ0v) is 16.9. The number of carbonyl (C=O) groups excluding carboxylic acids is 1. The fourth-order valence-corrected chi connectivity index (χ4v) is 5.53. The second kappa shape index (κ2) is 6.63. The predicted molar refractivity (Wildman–Crippen MR) is 116 cm³/mol. The van der Waals surface area contributed by atoms with Crippen LogP contribution in [0.5, 0.6) is 0 Å². The molecule has 1 aliphatic heterocycles. The lowest BCUT2D eigenvalue weighted by molar-refractivity contribution is 0.0737. The highest BCUT2D eigenvalue weighted by Crippen LogP contribution is 2.41. The summed E-state index contributed by atoms with van der Waals surface area (Å²) in [5.74, 6) is 0.636. The minimum atomic E-state index is 0.0659. The molecular weight excluding hydrogens is 378 g/mol. The Kier molecular flexibility index (Phi) is 3.91. The average molecular weight is 400 g/mol. The number of aromatic nitrogens is 2. The quantitative estimate of drug-likeness (QED) is 0.444. The van der Waals surface area contributed by atoms with Gasteiger partial charge in [0.2, 0.25) is 0 Å². The molecule has 2 aromatic heterocycles. The number of pyridine rings is 1. The van der Waals surface area contributed by atoms with Crippen molar-refractivity contribution in [2.24, 2.45) is 0 Å². The van der Waals surface area contributed by atoms with Gasteiger partial charge in [0, 0.05) is 23.5 Å². The lowest BCUT2D eigenvalue weighted by Crippen LogP contribution is -2.30. The van der Waals surface area contributed by atoms with Gasteiger partial charge in [-0.15, -0.1) is 11.3 Å². The fraction of sp³-hybridized carbons (Fsp3) is 0.292. The molecular formula is C24H21N3OS. The second-order valence-corrected chi connectivity index (χ2v) is 9.12. The van der Waals surface area contributed by atoms with E-state index in [2.05, 4.69) is 18.2 Å². The minimum absolute atomic E-state index is 0.0659. The molecule has 0 radical (unpaired) electrons. The first-order valence-electron chi connectivity index (χ1n) is 10.3.